The van der Waals surface area contributed by atoms with Crippen LogP contribution in [0.15, 0.2) is 18.2 Å². The molecule has 2 rings (SSSR count). The van der Waals surface area contributed by atoms with Crippen LogP contribution in [0, 0.1) is 11.8 Å². The van der Waals surface area contributed by atoms with Gasteiger partial charge in [0.15, 0.2) is 0 Å². The van der Waals surface area contributed by atoms with Crippen LogP contribution in [0.1, 0.15) is 25.7 Å². The maximum Gasteiger partial charge on any atom is 0.392 e. The van der Waals surface area contributed by atoms with Gasteiger partial charge in [-0.25, -0.2) is 0 Å². The van der Waals surface area contributed by atoms with Crippen molar-refractivity contribution in [3.8, 4) is 0 Å². The molecule has 0 saturated heterocycles. The van der Waals surface area contributed by atoms with Gasteiger partial charge in [0.05, 0.1) is 17.3 Å². The summed E-state index contributed by atoms with van der Waals surface area (Å²) in [6, 6.07) is 4.48. The predicted octanol–water partition coefficient (Wildman–Crippen LogP) is 4.23. The molecule has 3 nitrogen and oxygen atoms in total. The van der Waals surface area contributed by atoms with Crippen LogP contribution in [0.3, 0.4) is 0 Å². The van der Waals surface area contributed by atoms with E-state index in [1.54, 1.807) is 6.07 Å². The minimum atomic E-state index is -4.36. The number of nitrogens with one attached hydrogen (secondary N) is 1. The molecular weight excluding hydrogens is 305 g/mol. The van der Waals surface area contributed by atoms with Crippen molar-refractivity contribution >= 4 is 28.9 Å². The first kappa shape index (κ1) is 15.9. The van der Waals surface area contributed by atoms with Gasteiger partial charge in [-0.1, -0.05) is 24.4 Å². The van der Waals surface area contributed by atoms with E-state index in [1.165, 1.54) is 12.1 Å². The Morgan fingerprint density at radius 3 is 2.62 bits per heavy atom. The summed E-state index contributed by atoms with van der Waals surface area (Å²) in [6.07, 6.45) is -3.02. The number of hydrogen-bond acceptors (Lipinski definition) is 2. The molecule has 3 N–H and O–H groups in total. The third-order valence-electron chi connectivity index (χ3n) is 3.80. The highest BCUT2D eigenvalue weighted by Crippen LogP contribution is 2.42. The van der Waals surface area contributed by atoms with Gasteiger partial charge in [-0.3, -0.25) is 4.79 Å². The molecule has 0 radical (unpaired) electrons. The second-order valence-electron chi connectivity index (χ2n) is 5.26. The lowest BCUT2D eigenvalue weighted by Gasteiger charge is -2.32. The summed E-state index contributed by atoms with van der Waals surface area (Å²) in [5.41, 5.74) is 6.21. The summed E-state index contributed by atoms with van der Waals surface area (Å²) in [7, 11) is 0. The van der Waals surface area contributed by atoms with Crippen LogP contribution in [-0.2, 0) is 4.79 Å². The molecule has 1 aromatic carbocycles. The quantitative estimate of drug-likeness (QED) is 0.801. The summed E-state index contributed by atoms with van der Waals surface area (Å²) in [5, 5.41) is 2.83. The molecule has 0 bridgehead atoms. The van der Waals surface area contributed by atoms with Crippen LogP contribution in [0.25, 0.3) is 0 Å². The maximum absolute atomic E-state index is 13.0. The Balaban J connectivity index is 2.16. The van der Waals surface area contributed by atoms with Crippen molar-refractivity contribution in [2.24, 2.45) is 11.8 Å². The molecule has 1 aromatic rings. The van der Waals surface area contributed by atoms with Gasteiger partial charge in [0.25, 0.3) is 0 Å². The average molecular weight is 321 g/mol. The van der Waals surface area contributed by atoms with Gasteiger partial charge in [0, 0.05) is 10.9 Å². The summed E-state index contributed by atoms with van der Waals surface area (Å²) >= 11 is 5.80. The first-order valence-corrected chi connectivity index (χ1v) is 7.09. The van der Waals surface area contributed by atoms with Crippen LogP contribution in [0.4, 0.5) is 24.5 Å². The fraction of sp³-hybridized carbons (Fsp3) is 0.500. The van der Waals surface area contributed by atoms with Gasteiger partial charge in [-0.2, -0.15) is 13.2 Å². The van der Waals surface area contributed by atoms with Gasteiger partial charge in [0.1, 0.15) is 0 Å². The van der Waals surface area contributed by atoms with E-state index in [-0.39, 0.29) is 24.2 Å². The van der Waals surface area contributed by atoms with Crippen molar-refractivity contribution in [2.75, 3.05) is 11.1 Å². The van der Waals surface area contributed by atoms with E-state index in [4.69, 9.17) is 17.3 Å². The molecule has 1 aliphatic carbocycles. The van der Waals surface area contributed by atoms with Crippen LogP contribution >= 0.6 is 11.6 Å². The zero-order valence-electron chi connectivity index (χ0n) is 11.2. The highest BCUT2D eigenvalue weighted by atomic mass is 35.5. The number of halogens is 4. The summed E-state index contributed by atoms with van der Waals surface area (Å²) in [5.74, 6) is -3.31. The van der Waals surface area contributed by atoms with Crippen molar-refractivity contribution in [1.29, 1.82) is 0 Å². The van der Waals surface area contributed by atoms with Crippen molar-refractivity contribution in [2.45, 2.75) is 31.9 Å². The smallest absolute Gasteiger partial charge is 0.392 e. The molecule has 1 saturated carbocycles. The van der Waals surface area contributed by atoms with Crippen molar-refractivity contribution in [3.63, 3.8) is 0 Å². The number of carbonyl (C=O) groups is 1. The van der Waals surface area contributed by atoms with Crippen LogP contribution in [0.2, 0.25) is 5.02 Å². The average Bonchev–Trinajstić information content (AvgIpc) is 2.42. The van der Waals surface area contributed by atoms with Crippen LogP contribution in [0.5, 0.6) is 0 Å². The number of amides is 1. The molecule has 2 atom stereocenters. The van der Waals surface area contributed by atoms with Gasteiger partial charge in [-0.05, 0) is 31.0 Å². The number of rotatable bonds is 2. The Morgan fingerprint density at radius 1 is 1.29 bits per heavy atom. The van der Waals surface area contributed by atoms with E-state index in [0.29, 0.717) is 17.9 Å². The van der Waals surface area contributed by atoms with Gasteiger partial charge in [0.2, 0.25) is 5.91 Å². The normalized spacial score (nSPS) is 22.9. The monoisotopic (exact) mass is 320 g/mol. The Morgan fingerprint density at radius 2 is 1.95 bits per heavy atom. The molecule has 1 aliphatic rings. The fourth-order valence-corrected chi connectivity index (χ4v) is 2.87. The minimum Gasteiger partial charge on any atom is -0.397 e. The zero-order chi connectivity index (χ0) is 15.6. The standard InChI is InChI=1S/C14H16ClF3N2O/c15-8-5-6-11(19)12(7-8)20-13(21)9-3-1-2-4-10(9)14(16,17)18/h5-7,9-10H,1-4,19H2,(H,20,21). The Bertz CT molecular complexity index is 533. The van der Waals surface area contributed by atoms with Gasteiger partial charge < -0.3 is 11.1 Å². The third kappa shape index (κ3) is 3.81. The molecule has 0 aromatic heterocycles. The van der Waals surface area contributed by atoms with Gasteiger partial charge >= 0.3 is 6.18 Å². The second kappa shape index (κ2) is 6.13. The molecule has 2 unspecified atom stereocenters. The third-order valence-corrected chi connectivity index (χ3v) is 4.03. The lowest BCUT2D eigenvalue weighted by Crippen LogP contribution is -2.39. The largest absolute Gasteiger partial charge is 0.397 e. The predicted molar refractivity (Wildman–Crippen MR) is 76.0 cm³/mol. The molecule has 1 fully saturated rings. The molecular formula is C14H16ClF3N2O. The second-order valence-corrected chi connectivity index (χ2v) is 5.70. The number of nitrogen functional groups attached to an aromatic ring is 1. The highest BCUT2D eigenvalue weighted by Gasteiger charge is 2.48. The van der Waals surface area contributed by atoms with Crippen molar-refractivity contribution < 1.29 is 18.0 Å². The van der Waals surface area contributed by atoms with Gasteiger partial charge in [-0.15, -0.1) is 0 Å². The molecule has 1 amide bonds. The number of nitrogens with two attached hydrogens (primary N) is 1. The van der Waals surface area contributed by atoms with Crippen LogP contribution < -0.4 is 11.1 Å². The Hall–Kier alpha value is -1.43. The lowest BCUT2D eigenvalue weighted by molar-refractivity contribution is -0.197. The topological polar surface area (TPSA) is 55.1 Å². The molecule has 0 heterocycles. The molecule has 0 spiro atoms. The van der Waals surface area contributed by atoms with E-state index in [2.05, 4.69) is 5.32 Å². The first-order chi connectivity index (χ1) is 9.79. The molecule has 21 heavy (non-hydrogen) atoms. The first-order valence-electron chi connectivity index (χ1n) is 6.71. The number of carbonyl (C=O) groups excluding carboxylic acids is 1. The number of hydrogen-bond donors (Lipinski definition) is 2. The van der Waals surface area contributed by atoms with Crippen molar-refractivity contribution in [3.05, 3.63) is 23.2 Å². The van der Waals surface area contributed by atoms with E-state index in [9.17, 15) is 18.0 Å². The zero-order valence-corrected chi connectivity index (χ0v) is 12.0. The number of benzene rings is 1. The van der Waals surface area contributed by atoms with E-state index >= 15 is 0 Å². The Labute approximate surface area is 125 Å². The molecule has 0 aliphatic heterocycles. The Kier molecular flexibility index (Phi) is 4.66. The summed E-state index contributed by atoms with van der Waals surface area (Å²) in [4.78, 5) is 12.2. The van der Waals surface area contributed by atoms with Crippen LogP contribution in [-0.4, -0.2) is 12.1 Å². The summed E-state index contributed by atoms with van der Waals surface area (Å²) < 4.78 is 39.0. The van der Waals surface area contributed by atoms with E-state index in [0.717, 1.165) is 0 Å². The summed E-state index contributed by atoms with van der Waals surface area (Å²) in [6.45, 7) is 0. The minimum absolute atomic E-state index is 0.00733. The van der Waals surface area contributed by atoms with Crippen molar-refractivity contribution in [1.82, 2.24) is 0 Å². The fourth-order valence-electron chi connectivity index (χ4n) is 2.70. The van der Waals surface area contributed by atoms with E-state index in [1.807, 2.05) is 0 Å². The lowest BCUT2D eigenvalue weighted by atomic mass is 9.78. The maximum atomic E-state index is 13.0. The SMILES string of the molecule is Nc1ccc(Cl)cc1NC(=O)C1CCCCC1C(F)(F)F. The highest BCUT2D eigenvalue weighted by molar-refractivity contribution is 6.31. The molecule has 116 valence electrons. The molecule has 7 heteroatoms. The van der Waals surface area contributed by atoms with E-state index < -0.39 is 23.9 Å². The number of anilines is 2. The number of alkyl halides is 3.